The van der Waals surface area contributed by atoms with Crippen molar-refractivity contribution in [2.45, 2.75) is 88.3 Å². The molecule has 4 aromatic heterocycles. The molecule has 70 heavy (non-hydrogen) atoms. The van der Waals surface area contributed by atoms with Gasteiger partial charge in [0.2, 0.25) is 11.9 Å². The Bertz CT molecular complexity index is 3180. The second-order valence-electron chi connectivity index (χ2n) is 19.3. The maximum atomic E-state index is 12.0. The predicted molar refractivity (Wildman–Crippen MR) is 279 cm³/mol. The number of aliphatic hydroxyl groups excluding tert-OH is 2. The van der Waals surface area contributed by atoms with Gasteiger partial charge in [0.1, 0.15) is 32.4 Å². The van der Waals surface area contributed by atoms with E-state index >= 15 is 0 Å². The summed E-state index contributed by atoms with van der Waals surface area (Å²) in [6.45, 7) is 6.89. The van der Waals surface area contributed by atoms with Gasteiger partial charge in [-0.2, -0.15) is 9.97 Å². The van der Waals surface area contributed by atoms with Crippen molar-refractivity contribution in [1.29, 1.82) is 0 Å². The van der Waals surface area contributed by atoms with Crippen LogP contribution in [0.2, 0.25) is 5.15 Å². The van der Waals surface area contributed by atoms with Crippen LogP contribution in [0.25, 0.3) is 41.6 Å². The second kappa shape index (κ2) is 18.4. The number of aliphatic hydroxyl groups is 4. The highest BCUT2D eigenvalue weighted by Gasteiger charge is 2.78. The minimum Gasteiger partial charge on any atom is -0.396 e. The van der Waals surface area contributed by atoms with E-state index in [1.807, 2.05) is 73.7 Å². The first-order valence-electron chi connectivity index (χ1n) is 24.0. The highest BCUT2D eigenvalue weighted by molar-refractivity contribution is 7.22. The lowest BCUT2D eigenvalue weighted by molar-refractivity contribution is -0.0851. The van der Waals surface area contributed by atoms with Crippen LogP contribution >= 0.6 is 34.3 Å². The Balaban J connectivity index is 0.976. The molecule has 3 saturated carbocycles. The lowest BCUT2D eigenvalue weighted by Gasteiger charge is -2.38. The average Bonchev–Trinajstić information content (AvgIpc) is 3.89. The number of aryl methyl sites for hydroxylation is 1. The number of fused-ring (bicyclic) bond motifs is 3. The van der Waals surface area contributed by atoms with Crippen molar-refractivity contribution in [3.05, 3.63) is 131 Å². The first-order chi connectivity index (χ1) is 33.9. The number of nitrogens with zero attached hydrogens (tertiary/aromatic N) is 6. The summed E-state index contributed by atoms with van der Waals surface area (Å²) in [5.41, 5.74) is 2.71. The zero-order valence-electron chi connectivity index (χ0n) is 39.0. The van der Waals surface area contributed by atoms with Crippen LogP contribution in [0.3, 0.4) is 0 Å². The first-order valence-corrected chi connectivity index (χ1v) is 26.0. The quantitative estimate of drug-likeness (QED) is 0.0335. The monoisotopic (exact) mass is 994 g/mol. The fraction of sp³-hybridized carbons (Fsp3) is 0.358. The Morgan fingerprint density at radius 2 is 1.46 bits per heavy atom. The Morgan fingerprint density at radius 3 is 2.20 bits per heavy atom. The Kier molecular flexibility index (Phi) is 12.2. The number of nitrogens with one attached hydrogen (secondary N) is 4. The molecule has 11 rings (SSSR count). The number of para-hydroxylation sites is 2. The maximum Gasteiger partial charge on any atom is 0.226 e. The minimum absolute atomic E-state index is 0.00384. The van der Waals surface area contributed by atoms with Crippen molar-refractivity contribution in [3.63, 3.8) is 0 Å². The molecule has 4 aromatic carbocycles. The molecule has 0 radical (unpaired) electrons. The van der Waals surface area contributed by atoms with E-state index in [2.05, 4.69) is 76.5 Å². The van der Waals surface area contributed by atoms with Crippen LogP contribution < -0.4 is 21.3 Å². The van der Waals surface area contributed by atoms with Crippen LogP contribution in [0, 0.1) is 24.7 Å². The molecule has 0 aliphatic heterocycles. The molecule has 0 saturated heterocycles. The molecule has 17 heteroatoms. The summed E-state index contributed by atoms with van der Waals surface area (Å²) in [5, 5.41) is 60.4. The molecule has 0 bridgehead atoms. The van der Waals surface area contributed by atoms with Crippen LogP contribution in [0.5, 0.6) is 0 Å². The second-order valence-corrected chi connectivity index (χ2v) is 21.7. The molecule has 0 amide bonds. The van der Waals surface area contributed by atoms with Gasteiger partial charge in [0.25, 0.3) is 0 Å². The van der Waals surface area contributed by atoms with Crippen molar-refractivity contribution in [2.24, 2.45) is 17.8 Å². The van der Waals surface area contributed by atoms with Gasteiger partial charge in [-0.15, -0.1) is 22.7 Å². The van der Waals surface area contributed by atoms with E-state index < -0.39 is 28.9 Å². The summed E-state index contributed by atoms with van der Waals surface area (Å²) in [6, 6.07) is 34.5. The van der Waals surface area contributed by atoms with Gasteiger partial charge in [0.05, 0.1) is 49.4 Å². The molecule has 3 fully saturated rings. The van der Waals surface area contributed by atoms with E-state index in [1.54, 1.807) is 11.3 Å². The van der Waals surface area contributed by atoms with Crippen LogP contribution in [0.1, 0.15) is 68.0 Å². The lowest BCUT2D eigenvalue weighted by atomic mass is 9.79. The van der Waals surface area contributed by atoms with Gasteiger partial charge in [-0.1, -0.05) is 103 Å². The number of halogens is 1. The van der Waals surface area contributed by atoms with Gasteiger partial charge in [0, 0.05) is 24.6 Å². The molecule has 3 aliphatic carbocycles. The van der Waals surface area contributed by atoms with E-state index in [1.165, 1.54) is 11.3 Å². The van der Waals surface area contributed by atoms with Crippen molar-refractivity contribution in [3.8, 4) is 21.1 Å². The maximum absolute atomic E-state index is 12.0. The molecule has 360 valence electrons. The molecule has 8 aromatic rings. The van der Waals surface area contributed by atoms with Crippen LogP contribution in [-0.2, 0) is 12.8 Å². The number of thiazole rings is 2. The number of benzene rings is 4. The van der Waals surface area contributed by atoms with Crippen molar-refractivity contribution < 1.29 is 20.4 Å². The van der Waals surface area contributed by atoms with Gasteiger partial charge in [-0.3, -0.25) is 0 Å². The van der Waals surface area contributed by atoms with E-state index in [0.29, 0.717) is 48.1 Å². The first kappa shape index (κ1) is 46.5. The highest BCUT2D eigenvalue weighted by Crippen LogP contribution is 2.61. The fourth-order valence-corrected chi connectivity index (χ4v) is 13.4. The topological polar surface area (TPSA) is 206 Å². The van der Waals surface area contributed by atoms with Gasteiger partial charge in [0.15, 0.2) is 5.72 Å². The minimum atomic E-state index is -1.87. The predicted octanol–water partition coefficient (Wildman–Crippen LogP) is 9.66. The summed E-state index contributed by atoms with van der Waals surface area (Å²) in [5.74, 6) is 1.19. The molecular weight excluding hydrogens is 940 g/mol. The number of rotatable bonds is 16. The average molecular weight is 996 g/mol. The van der Waals surface area contributed by atoms with Crippen LogP contribution in [0.15, 0.2) is 103 Å². The molecule has 4 heterocycles. The summed E-state index contributed by atoms with van der Waals surface area (Å²) in [4.78, 5) is 30.2. The zero-order valence-corrected chi connectivity index (χ0v) is 41.4. The fourth-order valence-electron chi connectivity index (χ4n) is 10.9. The van der Waals surface area contributed by atoms with Gasteiger partial charge in [-0.25, -0.2) is 19.9 Å². The largest absolute Gasteiger partial charge is 0.396 e. The summed E-state index contributed by atoms with van der Waals surface area (Å²) in [7, 11) is 0. The van der Waals surface area contributed by atoms with E-state index in [-0.39, 0.29) is 47.8 Å². The third kappa shape index (κ3) is 8.32. The van der Waals surface area contributed by atoms with Crippen LogP contribution in [0.4, 0.5) is 23.5 Å². The molecule has 8 N–H and O–H groups in total. The van der Waals surface area contributed by atoms with Gasteiger partial charge >= 0.3 is 0 Å². The number of anilines is 4. The van der Waals surface area contributed by atoms with Crippen molar-refractivity contribution in [2.75, 3.05) is 34.4 Å². The Labute approximate surface area is 418 Å². The van der Waals surface area contributed by atoms with Gasteiger partial charge in [-0.05, 0) is 99.1 Å². The normalized spacial score (nSPS) is 25.3. The molecule has 0 spiro atoms. The van der Waals surface area contributed by atoms with E-state index in [4.69, 9.17) is 36.5 Å². The van der Waals surface area contributed by atoms with Crippen molar-refractivity contribution in [1.82, 2.24) is 29.9 Å². The summed E-state index contributed by atoms with van der Waals surface area (Å²) < 4.78 is 1.97. The summed E-state index contributed by atoms with van der Waals surface area (Å²) >= 11 is 10.2. The summed E-state index contributed by atoms with van der Waals surface area (Å²) in [6.07, 6.45) is 2.38. The third-order valence-corrected chi connectivity index (χ3v) is 17.5. The third-order valence-electron chi connectivity index (χ3n) is 15.1. The SMILES string of the molecule is Cc1nc(NC(C)c2ccccc2)nc(NC2(Cc3cccc4sc(-c5c(Cl)nc(NCCc6ccccc6)nc5NC5(O)CCC6C(O)C65O)nc34)CCC(CO)C2C)c1-c1nc2ccccc2s1. The zero-order chi connectivity index (χ0) is 48.4. The smallest absolute Gasteiger partial charge is 0.226 e. The Morgan fingerprint density at radius 1 is 0.757 bits per heavy atom. The van der Waals surface area contributed by atoms with E-state index in [9.17, 15) is 20.4 Å². The Hall–Kier alpha value is -5.85. The van der Waals surface area contributed by atoms with Crippen molar-refractivity contribution >= 4 is 78.2 Å². The number of hydrogen-bond acceptors (Lipinski definition) is 16. The molecule has 8 atom stereocenters. The molecule has 8 unspecified atom stereocenters. The van der Waals surface area contributed by atoms with E-state index in [0.717, 1.165) is 66.2 Å². The number of aromatic nitrogens is 6. The standard InChI is InChI=1S/C53H55ClN10O4S2/c1-29-35(28-65)21-24-51(29,63-45-40(47-58-37-18-10-11-19-38(37)69-47)31(3)57-50(62-45)56-30(2)33-15-8-5-9-16-33)27-34-17-12-20-39-42(34)59-48(70-39)41-44(54)60-49(55-26-23-32-13-6-4-7-14-32)61-46(41)64-52(67)25-22-36-43(66)53(36,52)68/h4-20,29-30,35-36,43,65-68H,21-28H2,1-3H3,(H2,55,60,61,64)(H2,56,57,62,63). The van der Waals surface area contributed by atoms with Gasteiger partial charge < -0.3 is 41.7 Å². The number of hydrogen-bond donors (Lipinski definition) is 8. The molecule has 14 nitrogen and oxygen atoms in total. The lowest BCUT2D eigenvalue weighted by Crippen LogP contribution is -2.51. The molecular formula is C53H55ClN10O4S2. The highest BCUT2D eigenvalue weighted by atomic mass is 35.5. The molecule has 3 aliphatic rings. The van der Waals surface area contributed by atoms with Crippen LogP contribution in [-0.4, -0.2) is 86.5 Å².